The van der Waals surface area contributed by atoms with Gasteiger partial charge in [0, 0.05) is 19.2 Å². The van der Waals surface area contributed by atoms with E-state index < -0.39 is 0 Å². The monoisotopic (exact) mass is 294 g/mol. The van der Waals surface area contributed by atoms with Crippen molar-refractivity contribution >= 4 is 11.4 Å². The number of nitro groups is 1. The molecule has 118 valence electrons. The smallest absolute Gasteiger partial charge is 0.292 e. The highest BCUT2D eigenvalue weighted by Gasteiger charge is 2.13. The van der Waals surface area contributed by atoms with Crippen molar-refractivity contribution in [1.82, 2.24) is 0 Å². The van der Waals surface area contributed by atoms with Crippen LogP contribution in [0.4, 0.5) is 11.4 Å². The van der Waals surface area contributed by atoms with Gasteiger partial charge in [0.1, 0.15) is 5.69 Å². The molecule has 0 fully saturated rings. The van der Waals surface area contributed by atoms with Crippen molar-refractivity contribution in [3.63, 3.8) is 0 Å². The van der Waals surface area contributed by atoms with Gasteiger partial charge in [-0.05, 0) is 30.5 Å². The minimum Gasteiger partial charge on any atom is -0.379 e. The molecule has 0 heterocycles. The molecule has 1 aromatic rings. The van der Waals surface area contributed by atoms with Gasteiger partial charge in [0.15, 0.2) is 0 Å². The van der Waals surface area contributed by atoms with E-state index in [-0.39, 0.29) is 10.6 Å². The van der Waals surface area contributed by atoms with Gasteiger partial charge in [-0.1, -0.05) is 33.1 Å². The highest BCUT2D eigenvalue weighted by atomic mass is 16.6. The summed E-state index contributed by atoms with van der Waals surface area (Å²) in [5, 5.41) is 14.1. The van der Waals surface area contributed by atoms with E-state index >= 15 is 0 Å². The van der Waals surface area contributed by atoms with Crippen LogP contribution in [0.1, 0.15) is 51.5 Å². The Bertz CT molecular complexity index is 436. The number of nitro benzene ring substituents is 1. The maximum absolute atomic E-state index is 11.0. The van der Waals surface area contributed by atoms with Crippen LogP contribution < -0.4 is 5.32 Å². The molecule has 0 spiro atoms. The average Bonchev–Trinajstić information content (AvgIpc) is 2.48. The summed E-state index contributed by atoms with van der Waals surface area (Å²) in [7, 11) is 0. The molecular weight excluding hydrogens is 268 g/mol. The molecule has 0 aliphatic rings. The Hall–Kier alpha value is -1.62. The topological polar surface area (TPSA) is 64.4 Å². The molecule has 5 heteroatoms. The summed E-state index contributed by atoms with van der Waals surface area (Å²) in [6.07, 6.45) is 5.65. The van der Waals surface area contributed by atoms with Crippen LogP contribution >= 0.6 is 0 Å². The lowest BCUT2D eigenvalue weighted by molar-refractivity contribution is -0.384. The van der Waals surface area contributed by atoms with Gasteiger partial charge in [-0.2, -0.15) is 0 Å². The van der Waals surface area contributed by atoms with E-state index in [2.05, 4.69) is 12.2 Å². The van der Waals surface area contributed by atoms with Crippen molar-refractivity contribution in [2.45, 2.75) is 52.6 Å². The van der Waals surface area contributed by atoms with Crippen LogP contribution in [0.2, 0.25) is 0 Å². The van der Waals surface area contributed by atoms with Gasteiger partial charge in [-0.15, -0.1) is 0 Å². The van der Waals surface area contributed by atoms with Crippen molar-refractivity contribution < 1.29 is 9.66 Å². The second kappa shape index (κ2) is 10.2. The number of benzene rings is 1. The number of nitrogens with one attached hydrogen (secondary N) is 1. The Morgan fingerprint density at radius 3 is 2.67 bits per heavy atom. The molecule has 1 rings (SSSR count). The highest BCUT2D eigenvalue weighted by molar-refractivity contribution is 5.62. The first kappa shape index (κ1) is 17.4. The number of anilines is 1. The summed E-state index contributed by atoms with van der Waals surface area (Å²) in [6, 6.07) is 5.13. The van der Waals surface area contributed by atoms with E-state index in [9.17, 15) is 10.1 Å². The summed E-state index contributed by atoms with van der Waals surface area (Å²) in [6.45, 7) is 6.19. The third kappa shape index (κ3) is 6.58. The zero-order chi connectivity index (χ0) is 15.5. The standard InChI is InChI=1S/C16H26N2O3/c1-3-5-6-7-11-21-13-14-8-9-16(18(19)20)15(12-14)17-10-4-2/h8-9,12,17H,3-7,10-11,13H2,1-2H3. The molecule has 0 bridgehead atoms. The summed E-state index contributed by atoms with van der Waals surface area (Å²) in [4.78, 5) is 10.6. The summed E-state index contributed by atoms with van der Waals surface area (Å²) in [5.41, 5.74) is 1.67. The van der Waals surface area contributed by atoms with Gasteiger partial charge in [-0.25, -0.2) is 0 Å². The van der Waals surface area contributed by atoms with E-state index in [0.29, 0.717) is 12.3 Å². The average molecular weight is 294 g/mol. The molecule has 5 nitrogen and oxygen atoms in total. The second-order valence-electron chi connectivity index (χ2n) is 5.15. The third-order valence-electron chi connectivity index (χ3n) is 3.23. The molecule has 0 radical (unpaired) electrons. The Labute approximate surface area is 126 Å². The van der Waals surface area contributed by atoms with Crippen LogP contribution in [0.25, 0.3) is 0 Å². The van der Waals surface area contributed by atoms with Gasteiger partial charge in [0.25, 0.3) is 5.69 Å². The summed E-state index contributed by atoms with van der Waals surface area (Å²) in [5.74, 6) is 0. The summed E-state index contributed by atoms with van der Waals surface area (Å²) >= 11 is 0. The Morgan fingerprint density at radius 2 is 2.00 bits per heavy atom. The first-order valence-corrected chi connectivity index (χ1v) is 7.78. The van der Waals surface area contributed by atoms with E-state index in [1.807, 2.05) is 13.0 Å². The molecule has 0 amide bonds. The molecule has 1 N–H and O–H groups in total. The molecule has 0 aliphatic carbocycles. The zero-order valence-corrected chi connectivity index (χ0v) is 13.1. The molecule has 1 aromatic carbocycles. The normalized spacial score (nSPS) is 10.6. The maximum Gasteiger partial charge on any atom is 0.292 e. The van der Waals surface area contributed by atoms with Crippen LogP contribution in [0.15, 0.2) is 18.2 Å². The van der Waals surface area contributed by atoms with Gasteiger partial charge in [-0.3, -0.25) is 10.1 Å². The molecule has 21 heavy (non-hydrogen) atoms. The van der Waals surface area contributed by atoms with Crippen LogP contribution in [-0.4, -0.2) is 18.1 Å². The Balaban J connectivity index is 2.52. The van der Waals surface area contributed by atoms with Crippen molar-refractivity contribution in [2.75, 3.05) is 18.5 Å². The molecule has 0 aliphatic heterocycles. The first-order chi connectivity index (χ1) is 10.2. The van der Waals surface area contributed by atoms with Crippen molar-refractivity contribution in [1.29, 1.82) is 0 Å². The number of ether oxygens (including phenoxy) is 1. The Morgan fingerprint density at radius 1 is 1.19 bits per heavy atom. The van der Waals surface area contributed by atoms with Gasteiger partial charge in [0.2, 0.25) is 0 Å². The minimum atomic E-state index is -0.354. The number of unbranched alkanes of at least 4 members (excludes halogenated alkanes) is 3. The van der Waals surface area contributed by atoms with Crippen molar-refractivity contribution in [2.24, 2.45) is 0 Å². The molecule has 0 saturated carbocycles. The molecule has 0 unspecified atom stereocenters. The lowest BCUT2D eigenvalue weighted by Crippen LogP contribution is -2.04. The molecule has 0 saturated heterocycles. The fourth-order valence-corrected chi connectivity index (χ4v) is 2.05. The van der Waals surface area contributed by atoms with Crippen molar-refractivity contribution in [3.8, 4) is 0 Å². The molecular formula is C16H26N2O3. The minimum absolute atomic E-state index is 0.121. The number of hydrogen-bond donors (Lipinski definition) is 1. The first-order valence-electron chi connectivity index (χ1n) is 7.78. The van der Waals surface area contributed by atoms with Gasteiger partial charge in [0.05, 0.1) is 11.5 Å². The van der Waals surface area contributed by atoms with Crippen molar-refractivity contribution in [3.05, 3.63) is 33.9 Å². The number of nitrogens with zero attached hydrogens (tertiary/aromatic N) is 1. The maximum atomic E-state index is 11.0. The summed E-state index contributed by atoms with van der Waals surface area (Å²) < 4.78 is 5.63. The zero-order valence-electron chi connectivity index (χ0n) is 13.1. The third-order valence-corrected chi connectivity index (χ3v) is 3.23. The van der Waals surface area contributed by atoms with Crippen LogP contribution in [0, 0.1) is 10.1 Å². The lowest BCUT2D eigenvalue weighted by Gasteiger charge is -2.09. The Kier molecular flexibility index (Phi) is 8.43. The quantitative estimate of drug-likeness (QED) is 0.370. The van der Waals surface area contributed by atoms with Crippen LogP contribution in [-0.2, 0) is 11.3 Å². The molecule has 0 aromatic heterocycles. The van der Waals surface area contributed by atoms with Gasteiger partial charge >= 0.3 is 0 Å². The van der Waals surface area contributed by atoms with Crippen LogP contribution in [0.5, 0.6) is 0 Å². The lowest BCUT2D eigenvalue weighted by atomic mass is 10.1. The number of hydrogen-bond acceptors (Lipinski definition) is 4. The van der Waals surface area contributed by atoms with E-state index in [1.54, 1.807) is 12.1 Å². The number of rotatable bonds is 11. The predicted octanol–water partition coefficient (Wildman–Crippen LogP) is 4.51. The second-order valence-corrected chi connectivity index (χ2v) is 5.15. The van der Waals surface area contributed by atoms with E-state index in [1.165, 1.54) is 19.3 Å². The fourth-order valence-electron chi connectivity index (χ4n) is 2.05. The highest BCUT2D eigenvalue weighted by Crippen LogP contribution is 2.25. The fraction of sp³-hybridized carbons (Fsp3) is 0.625. The van der Waals surface area contributed by atoms with Gasteiger partial charge < -0.3 is 10.1 Å². The SMILES string of the molecule is CCCCCCOCc1ccc([N+](=O)[O-])c(NCCC)c1. The van der Waals surface area contributed by atoms with Crippen LogP contribution in [0.3, 0.4) is 0 Å². The van der Waals surface area contributed by atoms with E-state index in [4.69, 9.17) is 4.74 Å². The predicted molar refractivity (Wildman–Crippen MR) is 85.7 cm³/mol. The largest absolute Gasteiger partial charge is 0.379 e. The molecule has 0 atom stereocenters. The van der Waals surface area contributed by atoms with E-state index in [0.717, 1.165) is 31.6 Å².